The van der Waals surface area contributed by atoms with Crippen molar-refractivity contribution in [1.29, 1.82) is 0 Å². The average Bonchev–Trinajstić information content (AvgIpc) is 3.24. The lowest BCUT2D eigenvalue weighted by molar-refractivity contribution is -0.161. The molecule has 2 aromatic carbocycles. The Balaban J connectivity index is 0.000000435. The highest BCUT2D eigenvalue weighted by Gasteiger charge is 2.44. The van der Waals surface area contributed by atoms with Crippen molar-refractivity contribution in [3.8, 4) is 23.0 Å². The van der Waals surface area contributed by atoms with Crippen LogP contribution in [0.25, 0.3) is 0 Å². The lowest BCUT2D eigenvalue weighted by Crippen LogP contribution is -2.53. The highest BCUT2D eigenvalue weighted by atomic mass is 35.5. The number of nitrogens with zero attached hydrogens (tertiary/aromatic N) is 2. The van der Waals surface area contributed by atoms with E-state index in [2.05, 4.69) is 67.0 Å². The topological polar surface area (TPSA) is 154 Å². The van der Waals surface area contributed by atoms with E-state index in [1.54, 1.807) is 35.3 Å². The molecule has 13 nitrogen and oxygen atoms in total. The van der Waals surface area contributed by atoms with Gasteiger partial charge in [0.2, 0.25) is 0 Å². The second kappa shape index (κ2) is 26.9. The van der Waals surface area contributed by atoms with Gasteiger partial charge >= 0.3 is 19.0 Å². The summed E-state index contributed by atoms with van der Waals surface area (Å²) in [7, 11) is 5.90. The summed E-state index contributed by atoms with van der Waals surface area (Å²) in [6.45, 7) is 22.2. The summed E-state index contributed by atoms with van der Waals surface area (Å²) < 4.78 is 34.4. The number of piperidine rings is 2. The summed E-state index contributed by atoms with van der Waals surface area (Å²) in [5.41, 5.74) is 11.2. The van der Waals surface area contributed by atoms with Gasteiger partial charge in [-0.15, -0.1) is 37.2 Å². The first-order chi connectivity index (χ1) is 29.9. The Morgan fingerprint density at radius 1 is 0.667 bits per heavy atom. The van der Waals surface area contributed by atoms with Gasteiger partial charge in [-0.05, 0) is 103 Å². The van der Waals surface area contributed by atoms with Gasteiger partial charge in [0.25, 0.3) is 0 Å². The van der Waals surface area contributed by atoms with Gasteiger partial charge in [0.1, 0.15) is 24.3 Å². The number of hydrogen-bond acceptors (Lipinski definition) is 13. The first-order valence-electron chi connectivity index (χ1n) is 23.5. The monoisotopic (exact) mass is 987 g/mol. The van der Waals surface area contributed by atoms with Gasteiger partial charge in [-0.25, -0.2) is 0 Å². The molecule has 0 spiro atoms. The fourth-order valence-corrected chi connectivity index (χ4v) is 10.3. The van der Waals surface area contributed by atoms with Crippen LogP contribution in [0.5, 0.6) is 23.0 Å². The number of fused-ring (bicyclic) bond motifs is 6. The van der Waals surface area contributed by atoms with E-state index >= 15 is 0 Å². The van der Waals surface area contributed by atoms with E-state index in [4.69, 9.17) is 34.2 Å². The number of ether oxygens (including phenoxy) is 6. The van der Waals surface area contributed by atoms with Gasteiger partial charge in [0, 0.05) is 62.9 Å². The van der Waals surface area contributed by atoms with Crippen molar-refractivity contribution in [3.63, 3.8) is 0 Å². The van der Waals surface area contributed by atoms with Crippen molar-refractivity contribution in [1.82, 2.24) is 15.0 Å². The maximum absolute atomic E-state index is 13.2. The third-order valence-electron chi connectivity index (χ3n) is 13.5. The SMILES string of the molecule is COc1cc2c(cc1OC)[C@H]1C[C@@H](OC(=O)[C@@H](N)C(C)C)[C@H](CC(C)C)CN1CC2.COc1cc2c(cc1OC)[C@H]1C[C@@H](OC(=O)[C@@H](NB(C)O)C(C)C)[C@H](CC(C)C)CN1CC2.Cl.Cl.Cl. The molecule has 2 saturated heterocycles. The Hall–Kier alpha value is -2.69. The highest BCUT2D eigenvalue weighted by molar-refractivity contribution is 6.46. The van der Waals surface area contributed by atoms with Crippen LogP contribution in [-0.2, 0) is 31.9 Å². The number of nitrogens with two attached hydrogens (primary N) is 1. The predicted molar refractivity (Wildman–Crippen MR) is 270 cm³/mol. The molecule has 0 radical (unpaired) electrons. The van der Waals surface area contributed by atoms with Crippen molar-refractivity contribution >= 4 is 56.2 Å². The Morgan fingerprint density at radius 3 is 1.38 bits per heavy atom. The Morgan fingerprint density at radius 2 is 1.05 bits per heavy atom. The van der Waals surface area contributed by atoms with Crippen molar-refractivity contribution in [3.05, 3.63) is 46.5 Å². The van der Waals surface area contributed by atoms with Crippen LogP contribution in [0, 0.1) is 35.5 Å². The van der Waals surface area contributed by atoms with E-state index in [0.717, 1.165) is 87.7 Å². The van der Waals surface area contributed by atoms with Gasteiger partial charge in [-0.1, -0.05) is 55.4 Å². The number of benzene rings is 2. The van der Waals surface area contributed by atoms with Crippen molar-refractivity contribution in [2.45, 2.75) is 137 Å². The van der Waals surface area contributed by atoms with Crippen molar-refractivity contribution in [2.24, 2.45) is 41.2 Å². The number of nitrogens with one attached hydrogen (secondary N) is 1. The molecule has 0 bridgehead atoms. The lowest BCUT2D eigenvalue weighted by atomic mass is 9.79. The maximum Gasteiger partial charge on any atom is 0.374 e. The zero-order valence-corrected chi connectivity index (χ0v) is 44.2. The molecule has 0 saturated carbocycles. The molecule has 4 aliphatic rings. The fraction of sp³-hybridized carbons (Fsp3) is 0.714. The number of rotatable bonds is 16. The molecule has 2 fully saturated rings. The number of carbonyl (C=O) groups excluding carboxylic acids is 2. The molecule has 6 rings (SSSR count). The minimum Gasteiger partial charge on any atom is -0.493 e. The molecule has 0 aromatic heterocycles. The van der Waals surface area contributed by atoms with Crippen LogP contribution in [-0.4, -0.2) is 113 Å². The normalized spacial score (nSPS) is 23.1. The number of methoxy groups -OCH3 is 4. The molecule has 0 unspecified atom stereocenters. The largest absolute Gasteiger partial charge is 0.493 e. The molecular weight excluding hydrogens is 906 g/mol. The molecule has 4 aliphatic heterocycles. The smallest absolute Gasteiger partial charge is 0.374 e. The van der Waals surface area contributed by atoms with Gasteiger partial charge in [0.05, 0.1) is 28.4 Å². The highest BCUT2D eigenvalue weighted by Crippen LogP contribution is 2.46. The van der Waals surface area contributed by atoms with Crippen LogP contribution in [0.1, 0.15) is 115 Å². The summed E-state index contributed by atoms with van der Waals surface area (Å²) >= 11 is 0. The fourth-order valence-electron chi connectivity index (χ4n) is 10.3. The zero-order valence-electron chi connectivity index (χ0n) is 41.8. The predicted octanol–water partition coefficient (Wildman–Crippen LogP) is 8.13. The van der Waals surface area contributed by atoms with E-state index in [0.29, 0.717) is 17.8 Å². The third-order valence-corrected chi connectivity index (χ3v) is 13.5. The maximum atomic E-state index is 13.2. The van der Waals surface area contributed by atoms with Crippen LogP contribution >= 0.6 is 37.2 Å². The Bertz CT molecular complexity index is 1840. The third kappa shape index (κ3) is 14.7. The lowest BCUT2D eigenvalue weighted by Gasteiger charge is -2.47. The first-order valence-corrected chi connectivity index (χ1v) is 23.5. The second-order valence-corrected chi connectivity index (χ2v) is 19.9. The quantitative estimate of drug-likeness (QED) is 0.110. The van der Waals surface area contributed by atoms with E-state index in [-0.39, 0.29) is 91.2 Å². The van der Waals surface area contributed by atoms with Gasteiger partial charge in [-0.3, -0.25) is 19.4 Å². The van der Waals surface area contributed by atoms with Crippen LogP contribution in [0.3, 0.4) is 0 Å². The summed E-state index contributed by atoms with van der Waals surface area (Å²) in [5.74, 6) is 4.21. The molecule has 17 heteroatoms. The van der Waals surface area contributed by atoms with E-state index in [9.17, 15) is 14.6 Å². The van der Waals surface area contributed by atoms with Crippen LogP contribution in [0.2, 0.25) is 6.82 Å². The van der Waals surface area contributed by atoms with Gasteiger partial charge < -0.3 is 44.4 Å². The van der Waals surface area contributed by atoms with Gasteiger partial charge in [-0.2, -0.15) is 0 Å². The Labute approximate surface area is 415 Å². The second-order valence-electron chi connectivity index (χ2n) is 19.9. The molecular formula is C49H82BCl3N4O9. The van der Waals surface area contributed by atoms with Crippen LogP contribution in [0.4, 0.5) is 0 Å². The summed E-state index contributed by atoms with van der Waals surface area (Å²) in [6, 6.07) is 7.67. The molecule has 0 aliphatic carbocycles. The number of hydrogen-bond donors (Lipinski definition) is 3. The summed E-state index contributed by atoms with van der Waals surface area (Å²) in [4.78, 5) is 30.9. The number of esters is 2. The van der Waals surface area contributed by atoms with E-state index < -0.39 is 19.1 Å². The number of halogens is 3. The molecule has 376 valence electrons. The molecule has 0 amide bonds. The molecule has 4 heterocycles. The molecule has 4 N–H and O–H groups in total. The van der Waals surface area contributed by atoms with E-state index in [1.807, 2.05) is 27.7 Å². The average molecular weight is 988 g/mol. The van der Waals surface area contributed by atoms with Crippen molar-refractivity contribution in [2.75, 3.05) is 54.6 Å². The first kappa shape index (κ1) is 59.4. The minimum atomic E-state index is -0.772. The van der Waals surface area contributed by atoms with Gasteiger partial charge in [0.15, 0.2) is 23.0 Å². The number of carbonyl (C=O) groups is 2. The van der Waals surface area contributed by atoms with Crippen LogP contribution < -0.4 is 29.9 Å². The Kier molecular flexibility index (Phi) is 24.2. The standard InChI is InChI=1S/C25H41BN2O5.C24H38N2O4.3ClH/c1-15(2)10-18-14-28-9-8-17-11-22(31-6)23(32-7)12-19(17)20(28)13-21(18)33-25(29)24(16(3)4)27-26(5)30;1-14(2)9-17-13-26-8-7-16-10-21(28-5)22(29-6)11-18(16)19(26)12-20(17)30-24(27)23(25)15(3)4;;;/h11-12,15-16,18,20-21,24,27,30H,8-10,13-14H2,1-7H3;10-11,14-15,17,19-20,23H,7-9,12-13,25H2,1-6H3;3*1H/t18-,20-,21-,24+;17-,19-,20-,23+;;;/m11.../s1. The zero-order chi connectivity index (χ0) is 46.3. The summed E-state index contributed by atoms with van der Waals surface area (Å²) in [5, 5.41) is 12.8. The minimum absolute atomic E-state index is 0. The van der Waals surface area contributed by atoms with Crippen LogP contribution in [0.15, 0.2) is 24.3 Å². The molecule has 66 heavy (non-hydrogen) atoms. The van der Waals surface area contributed by atoms with Crippen molar-refractivity contribution < 1.29 is 43.0 Å². The summed E-state index contributed by atoms with van der Waals surface area (Å²) in [6.07, 6.45) is 5.26. The molecule has 8 atom stereocenters. The molecule has 2 aromatic rings. The van der Waals surface area contributed by atoms with E-state index in [1.165, 1.54) is 22.3 Å².